The fourth-order valence-electron chi connectivity index (χ4n) is 3.25. The second kappa shape index (κ2) is 6.48. The van der Waals surface area contributed by atoms with E-state index in [1.54, 1.807) is 0 Å². The first-order chi connectivity index (χ1) is 9.86. The molecule has 2 rings (SSSR count). The van der Waals surface area contributed by atoms with Gasteiger partial charge in [-0.2, -0.15) is 5.10 Å². The Kier molecular flexibility index (Phi) is 5.09. The first-order valence-electron chi connectivity index (χ1n) is 7.80. The highest BCUT2D eigenvalue weighted by atomic mass is 32.2. The number of aromatic nitrogens is 2. The Morgan fingerprint density at radius 1 is 1.43 bits per heavy atom. The van der Waals surface area contributed by atoms with Gasteiger partial charge >= 0.3 is 0 Å². The smallest absolute Gasteiger partial charge is 0.150 e. The van der Waals surface area contributed by atoms with Crippen LogP contribution in [-0.4, -0.2) is 34.8 Å². The van der Waals surface area contributed by atoms with Gasteiger partial charge in [-0.15, -0.1) is 0 Å². The summed E-state index contributed by atoms with van der Waals surface area (Å²) in [5, 5.41) is 14.9. The van der Waals surface area contributed by atoms with Crippen LogP contribution in [0.3, 0.4) is 0 Å². The predicted molar refractivity (Wildman–Crippen MR) is 82.8 cm³/mol. The van der Waals surface area contributed by atoms with Crippen LogP contribution in [0.2, 0.25) is 0 Å². The third kappa shape index (κ3) is 3.66. The van der Waals surface area contributed by atoms with Crippen molar-refractivity contribution in [2.24, 2.45) is 5.92 Å². The Hall–Kier alpha value is -0.880. The topological polar surface area (TPSA) is 72.2 Å². The number of hydrogen-bond donors (Lipinski definition) is 1. The normalized spacial score (nSPS) is 25.0. The van der Waals surface area contributed by atoms with Gasteiger partial charge in [0.25, 0.3) is 0 Å². The molecule has 0 bridgehead atoms. The predicted octanol–water partition coefficient (Wildman–Crippen LogP) is 2.10. The highest BCUT2D eigenvalue weighted by Crippen LogP contribution is 2.37. The lowest BCUT2D eigenvalue weighted by atomic mass is 9.83. The highest BCUT2D eigenvalue weighted by molar-refractivity contribution is 7.91. The second-order valence-electron chi connectivity index (χ2n) is 6.05. The molecular weight excluding hydrogens is 288 g/mol. The van der Waals surface area contributed by atoms with E-state index in [-0.39, 0.29) is 11.2 Å². The molecule has 0 aliphatic heterocycles. The molecule has 0 radical (unpaired) electrons. The molecule has 0 saturated heterocycles. The lowest BCUT2D eigenvalue weighted by Gasteiger charge is -2.31. The van der Waals surface area contributed by atoms with Gasteiger partial charge in [0.1, 0.15) is 9.84 Å². The van der Waals surface area contributed by atoms with Crippen molar-refractivity contribution in [1.82, 2.24) is 9.78 Å². The standard InChI is InChI=1S/C15H26N2O3S/c1-4-12-10-14(17(5-2)16-12)15(18)11-7-6-8-13(9-11)21(3,19)20/h10-11,13,15,18H,4-9H2,1-3H3. The number of sulfone groups is 1. The van der Waals surface area contributed by atoms with E-state index in [0.717, 1.165) is 37.1 Å². The van der Waals surface area contributed by atoms with Crippen molar-refractivity contribution in [3.8, 4) is 0 Å². The fourth-order valence-corrected chi connectivity index (χ4v) is 4.44. The Morgan fingerprint density at radius 2 is 2.14 bits per heavy atom. The first-order valence-corrected chi connectivity index (χ1v) is 9.75. The molecule has 0 amide bonds. The highest BCUT2D eigenvalue weighted by Gasteiger charge is 2.34. The Labute approximate surface area is 127 Å². The summed E-state index contributed by atoms with van der Waals surface area (Å²) in [6.07, 6.45) is 4.53. The summed E-state index contributed by atoms with van der Waals surface area (Å²) in [4.78, 5) is 0. The monoisotopic (exact) mass is 314 g/mol. The largest absolute Gasteiger partial charge is 0.387 e. The average molecular weight is 314 g/mol. The molecule has 1 aliphatic carbocycles. The van der Waals surface area contributed by atoms with Crippen LogP contribution in [0.1, 0.15) is 57.0 Å². The zero-order valence-corrected chi connectivity index (χ0v) is 13.9. The Morgan fingerprint density at radius 3 is 2.71 bits per heavy atom. The summed E-state index contributed by atoms with van der Waals surface area (Å²) >= 11 is 0. The molecule has 0 aromatic carbocycles. The van der Waals surface area contributed by atoms with E-state index < -0.39 is 15.9 Å². The quantitative estimate of drug-likeness (QED) is 0.903. The number of aliphatic hydroxyl groups excluding tert-OH is 1. The molecule has 0 spiro atoms. The molecule has 3 atom stereocenters. The van der Waals surface area contributed by atoms with Crippen molar-refractivity contribution >= 4 is 9.84 Å². The summed E-state index contributed by atoms with van der Waals surface area (Å²) in [5.74, 6) is 0.00480. The zero-order valence-electron chi connectivity index (χ0n) is 13.1. The van der Waals surface area contributed by atoms with Crippen LogP contribution in [-0.2, 0) is 22.8 Å². The third-order valence-electron chi connectivity index (χ3n) is 4.55. The van der Waals surface area contributed by atoms with Gasteiger partial charge in [-0.1, -0.05) is 13.3 Å². The molecule has 120 valence electrons. The zero-order chi connectivity index (χ0) is 15.6. The van der Waals surface area contributed by atoms with Gasteiger partial charge in [0.2, 0.25) is 0 Å². The number of hydrogen-bond acceptors (Lipinski definition) is 4. The summed E-state index contributed by atoms with van der Waals surface area (Å²) < 4.78 is 25.4. The molecule has 1 aromatic rings. The molecule has 1 heterocycles. The summed E-state index contributed by atoms with van der Waals surface area (Å²) in [6.45, 7) is 4.76. The van der Waals surface area contributed by atoms with Gasteiger partial charge in [0.15, 0.2) is 0 Å². The summed E-state index contributed by atoms with van der Waals surface area (Å²) in [5.41, 5.74) is 1.80. The van der Waals surface area contributed by atoms with Gasteiger partial charge < -0.3 is 5.11 Å². The minimum absolute atomic E-state index is 0.00480. The van der Waals surface area contributed by atoms with E-state index in [4.69, 9.17) is 0 Å². The molecule has 6 heteroatoms. The van der Waals surface area contributed by atoms with Gasteiger partial charge in [-0.25, -0.2) is 8.42 Å². The first kappa shape index (κ1) is 16.5. The van der Waals surface area contributed by atoms with E-state index in [1.807, 2.05) is 24.6 Å². The number of aryl methyl sites for hydroxylation is 2. The van der Waals surface area contributed by atoms with Crippen molar-refractivity contribution in [1.29, 1.82) is 0 Å². The Bertz CT molecular complexity index is 580. The summed E-state index contributed by atoms with van der Waals surface area (Å²) in [7, 11) is -3.02. The molecule has 1 fully saturated rings. The maximum Gasteiger partial charge on any atom is 0.150 e. The number of aliphatic hydroxyl groups is 1. The van der Waals surface area contributed by atoms with Crippen LogP contribution < -0.4 is 0 Å². The van der Waals surface area contributed by atoms with E-state index in [2.05, 4.69) is 5.10 Å². The van der Waals surface area contributed by atoms with Crippen LogP contribution in [0, 0.1) is 5.92 Å². The lowest BCUT2D eigenvalue weighted by molar-refractivity contribution is 0.0777. The molecule has 1 saturated carbocycles. The van der Waals surface area contributed by atoms with Crippen LogP contribution in [0.25, 0.3) is 0 Å². The molecule has 3 unspecified atom stereocenters. The van der Waals surface area contributed by atoms with Crippen molar-refractivity contribution in [3.05, 3.63) is 17.5 Å². The summed E-state index contributed by atoms with van der Waals surface area (Å²) in [6, 6.07) is 1.96. The maximum absolute atomic E-state index is 11.8. The SMILES string of the molecule is CCc1cc(C(O)C2CCCC(S(C)(=O)=O)C2)n(CC)n1. The molecule has 1 aromatic heterocycles. The maximum atomic E-state index is 11.8. The van der Waals surface area contributed by atoms with Crippen LogP contribution in [0.4, 0.5) is 0 Å². The molecule has 1 aliphatic rings. The van der Waals surface area contributed by atoms with Crippen molar-refractivity contribution in [2.45, 2.75) is 63.9 Å². The van der Waals surface area contributed by atoms with Gasteiger partial charge in [0, 0.05) is 12.8 Å². The molecule has 1 N–H and O–H groups in total. The van der Waals surface area contributed by atoms with E-state index in [9.17, 15) is 13.5 Å². The van der Waals surface area contributed by atoms with Crippen LogP contribution in [0.15, 0.2) is 6.07 Å². The van der Waals surface area contributed by atoms with E-state index in [0.29, 0.717) is 13.0 Å². The third-order valence-corrected chi connectivity index (χ3v) is 6.18. The average Bonchev–Trinajstić information content (AvgIpc) is 2.89. The minimum Gasteiger partial charge on any atom is -0.387 e. The van der Waals surface area contributed by atoms with Crippen molar-refractivity contribution in [2.75, 3.05) is 6.26 Å². The van der Waals surface area contributed by atoms with Gasteiger partial charge in [0.05, 0.1) is 22.7 Å². The number of rotatable bonds is 5. The van der Waals surface area contributed by atoms with E-state index in [1.165, 1.54) is 6.26 Å². The molecule has 5 nitrogen and oxygen atoms in total. The van der Waals surface area contributed by atoms with Crippen LogP contribution in [0.5, 0.6) is 0 Å². The van der Waals surface area contributed by atoms with Crippen LogP contribution >= 0.6 is 0 Å². The fraction of sp³-hybridized carbons (Fsp3) is 0.800. The van der Waals surface area contributed by atoms with E-state index >= 15 is 0 Å². The molecule has 21 heavy (non-hydrogen) atoms. The second-order valence-corrected chi connectivity index (χ2v) is 8.38. The van der Waals surface area contributed by atoms with Crippen molar-refractivity contribution in [3.63, 3.8) is 0 Å². The minimum atomic E-state index is -3.02. The Balaban J connectivity index is 2.19. The number of nitrogens with zero attached hydrogens (tertiary/aromatic N) is 2. The lowest BCUT2D eigenvalue weighted by Crippen LogP contribution is -2.30. The molecular formula is C15H26N2O3S. The van der Waals surface area contributed by atoms with Gasteiger partial charge in [-0.3, -0.25) is 4.68 Å². The van der Waals surface area contributed by atoms with Crippen molar-refractivity contribution < 1.29 is 13.5 Å². The van der Waals surface area contributed by atoms with Gasteiger partial charge in [-0.05, 0) is 44.6 Å².